The summed E-state index contributed by atoms with van der Waals surface area (Å²) in [5, 5.41) is 3.24. The molecule has 2 aromatic heterocycles. The first-order valence-electron chi connectivity index (χ1n) is 6.28. The van der Waals surface area contributed by atoms with Crippen LogP contribution in [0.2, 0.25) is 0 Å². The van der Waals surface area contributed by atoms with E-state index in [1.165, 1.54) is 0 Å². The molecule has 9 heteroatoms. The Morgan fingerprint density at radius 3 is 2.80 bits per heavy atom. The zero-order valence-electron chi connectivity index (χ0n) is 11.4. The molecule has 0 fully saturated rings. The fourth-order valence-electron chi connectivity index (χ4n) is 1.54. The first-order valence-corrected chi connectivity index (χ1v) is 7.43. The molecule has 108 valence electrons. The smallest absolute Gasteiger partial charge is 0.243 e. The van der Waals surface area contributed by atoms with Crippen molar-refractivity contribution in [2.45, 2.75) is 19.9 Å². The molecule has 8 nitrogen and oxygen atoms in total. The maximum atomic E-state index is 5.39. The van der Waals surface area contributed by atoms with Crippen molar-refractivity contribution in [1.82, 2.24) is 24.5 Å². The van der Waals surface area contributed by atoms with Gasteiger partial charge in [-0.15, -0.1) is 0 Å². The van der Waals surface area contributed by atoms with E-state index in [-0.39, 0.29) is 6.04 Å². The molecule has 0 spiro atoms. The van der Waals surface area contributed by atoms with Crippen LogP contribution < -0.4 is 16.6 Å². The van der Waals surface area contributed by atoms with Gasteiger partial charge in [0.05, 0.1) is 0 Å². The van der Waals surface area contributed by atoms with Crippen LogP contribution in [0.3, 0.4) is 0 Å². The normalized spacial score (nSPS) is 12.2. The summed E-state index contributed by atoms with van der Waals surface area (Å²) in [6.45, 7) is 4.22. The monoisotopic (exact) mass is 294 g/mol. The van der Waals surface area contributed by atoms with Crippen molar-refractivity contribution in [3.63, 3.8) is 0 Å². The summed E-state index contributed by atoms with van der Waals surface area (Å²) in [4.78, 5) is 16.7. The highest BCUT2D eigenvalue weighted by Gasteiger charge is 2.09. The van der Waals surface area contributed by atoms with Gasteiger partial charge in [0, 0.05) is 24.2 Å². The Kier molecular flexibility index (Phi) is 5.13. The Morgan fingerprint density at radius 1 is 1.35 bits per heavy atom. The summed E-state index contributed by atoms with van der Waals surface area (Å²) in [5.41, 5.74) is 2.44. The van der Waals surface area contributed by atoms with E-state index >= 15 is 0 Å². The molecule has 0 saturated heterocycles. The minimum absolute atomic E-state index is 0.253. The van der Waals surface area contributed by atoms with Crippen molar-refractivity contribution < 1.29 is 0 Å². The highest BCUT2D eigenvalue weighted by atomic mass is 32.2. The number of anilines is 2. The highest BCUT2D eigenvalue weighted by Crippen LogP contribution is 2.11. The molecule has 1 atom stereocenters. The van der Waals surface area contributed by atoms with Crippen LogP contribution in [0, 0.1) is 0 Å². The van der Waals surface area contributed by atoms with Gasteiger partial charge in [-0.25, -0.2) is 10.8 Å². The molecule has 20 heavy (non-hydrogen) atoms. The van der Waals surface area contributed by atoms with E-state index < -0.39 is 0 Å². The van der Waals surface area contributed by atoms with Crippen LogP contribution in [0.1, 0.15) is 13.8 Å². The van der Waals surface area contributed by atoms with Crippen molar-refractivity contribution >= 4 is 23.7 Å². The first kappa shape index (κ1) is 14.5. The predicted molar refractivity (Wildman–Crippen MR) is 80.8 cm³/mol. The summed E-state index contributed by atoms with van der Waals surface area (Å²) in [6.07, 6.45) is 5.04. The number of nitrogen functional groups attached to an aromatic ring is 1. The Labute approximate surface area is 121 Å². The number of hydrogen-bond acceptors (Lipinski definition) is 8. The summed E-state index contributed by atoms with van der Waals surface area (Å²) in [6, 6.07) is 0.253. The molecule has 0 saturated carbocycles. The Bertz CT molecular complexity index is 529. The second-order valence-electron chi connectivity index (χ2n) is 4.10. The van der Waals surface area contributed by atoms with E-state index in [0.29, 0.717) is 17.8 Å². The lowest BCUT2D eigenvalue weighted by molar-refractivity contribution is 0.849. The van der Waals surface area contributed by atoms with Crippen molar-refractivity contribution in [3.8, 4) is 5.95 Å². The number of nitrogens with zero attached hydrogens (tertiary/aromatic N) is 5. The molecule has 0 bridgehead atoms. The molecule has 2 heterocycles. The zero-order chi connectivity index (χ0) is 14.4. The minimum atomic E-state index is 0.253. The van der Waals surface area contributed by atoms with Crippen LogP contribution in [0.15, 0.2) is 18.7 Å². The number of thioether (sulfide) groups is 1. The van der Waals surface area contributed by atoms with Gasteiger partial charge in [-0.2, -0.15) is 26.7 Å². The molecule has 2 aromatic rings. The van der Waals surface area contributed by atoms with E-state index in [9.17, 15) is 0 Å². The predicted octanol–water partition coefficient (Wildman–Crippen LogP) is 0.896. The van der Waals surface area contributed by atoms with Crippen LogP contribution in [-0.2, 0) is 0 Å². The molecular weight excluding hydrogens is 276 g/mol. The summed E-state index contributed by atoms with van der Waals surface area (Å²) in [7, 11) is 0. The van der Waals surface area contributed by atoms with Crippen LogP contribution in [0.4, 0.5) is 11.9 Å². The van der Waals surface area contributed by atoms with E-state index in [0.717, 1.165) is 11.5 Å². The van der Waals surface area contributed by atoms with Gasteiger partial charge in [-0.1, -0.05) is 6.92 Å². The summed E-state index contributed by atoms with van der Waals surface area (Å²) < 4.78 is 1.69. The fourth-order valence-corrected chi connectivity index (χ4v) is 2.22. The number of nitrogens with two attached hydrogens (primary N) is 1. The first-order chi connectivity index (χ1) is 9.72. The van der Waals surface area contributed by atoms with Gasteiger partial charge in [0.1, 0.15) is 6.33 Å². The minimum Gasteiger partial charge on any atom is -0.351 e. The third kappa shape index (κ3) is 3.81. The molecule has 2 rings (SSSR count). The number of rotatable bonds is 7. The van der Waals surface area contributed by atoms with Gasteiger partial charge in [0.25, 0.3) is 0 Å². The average molecular weight is 294 g/mol. The van der Waals surface area contributed by atoms with E-state index in [1.54, 1.807) is 23.3 Å². The Morgan fingerprint density at radius 2 is 2.15 bits per heavy atom. The number of aromatic nitrogens is 5. The molecule has 4 N–H and O–H groups in total. The van der Waals surface area contributed by atoms with Crippen molar-refractivity contribution in [3.05, 3.63) is 18.7 Å². The fraction of sp³-hybridized carbons (Fsp3) is 0.455. The second-order valence-corrected chi connectivity index (χ2v) is 5.42. The van der Waals surface area contributed by atoms with E-state index in [1.807, 2.05) is 11.8 Å². The maximum Gasteiger partial charge on any atom is 0.243 e. The number of nitrogens with one attached hydrogen (secondary N) is 2. The highest BCUT2D eigenvalue weighted by molar-refractivity contribution is 7.99. The second kappa shape index (κ2) is 7.06. The maximum absolute atomic E-state index is 5.39. The van der Waals surface area contributed by atoms with Crippen LogP contribution >= 0.6 is 11.8 Å². The van der Waals surface area contributed by atoms with Crippen molar-refractivity contribution in [2.24, 2.45) is 5.84 Å². The lowest BCUT2D eigenvalue weighted by atomic mass is 10.4. The molecule has 1 unspecified atom stereocenters. The Balaban J connectivity index is 2.18. The quantitative estimate of drug-likeness (QED) is 0.511. The van der Waals surface area contributed by atoms with Gasteiger partial charge in [0.2, 0.25) is 17.8 Å². The third-order valence-corrected chi connectivity index (χ3v) is 3.58. The lowest BCUT2D eigenvalue weighted by Crippen LogP contribution is -2.22. The molecule has 0 aliphatic heterocycles. The topological polar surface area (TPSA) is 107 Å². The van der Waals surface area contributed by atoms with E-state index in [4.69, 9.17) is 5.84 Å². The molecule has 0 aliphatic rings. The lowest BCUT2D eigenvalue weighted by Gasteiger charge is -2.14. The SMILES string of the molecule is CCSCC(C)Nc1nc(NN)nc(-n2ccnc2)n1. The summed E-state index contributed by atoms with van der Waals surface area (Å²) in [5.74, 6) is 8.71. The van der Waals surface area contributed by atoms with Gasteiger partial charge in [-0.05, 0) is 12.7 Å². The molecular formula is C11H18N8S. The molecule has 0 aromatic carbocycles. The van der Waals surface area contributed by atoms with Gasteiger partial charge in [0.15, 0.2) is 0 Å². The van der Waals surface area contributed by atoms with Crippen LogP contribution in [0.5, 0.6) is 0 Å². The number of hydrogen-bond donors (Lipinski definition) is 3. The Hall–Kier alpha value is -1.87. The third-order valence-electron chi connectivity index (χ3n) is 2.44. The molecule has 0 amide bonds. The van der Waals surface area contributed by atoms with Gasteiger partial charge >= 0.3 is 0 Å². The molecule has 0 aliphatic carbocycles. The average Bonchev–Trinajstić information content (AvgIpc) is 2.99. The van der Waals surface area contributed by atoms with Crippen molar-refractivity contribution in [1.29, 1.82) is 0 Å². The zero-order valence-corrected chi connectivity index (χ0v) is 12.3. The van der Waals surface area contributed by atoms with Gasteiger partial charge in [-0.3, -0.25) is 9.99 Å². The van der Waals surface area contributed by atoms with Crippen LogP contribution in [-0.4, -0.2) is 42.1 Å². The summed E-state index contributed by atoms with van der Waals surface area (Å²) >= 11 is 1.86. The van der Waals surface area contributed by atoms with Gasteiger partial charge < -0.3 is 5.32 Å². The van der Waals surface area contributed by atoms with Crippen molar-refractivity contribution in [2.75, 3.05) is 22.2 Å². The van der Waals surface area contributed by atoms with Crippen LogP contribution in [0.25, 0.3) is 5.95 Å². The number of hydrazine groups is 1. The largest absolute Gasteiger partial charge is 0.351 e. The number of imidazole rings is 1. The molecule has 0 radical (unpaired) electrons. The standard InChI is InChI=1S/C11H18N8S/c1-3-20-6-8(2)14-9-15-10(18-12)17-11(16-9)19-5-4-13-7-19/h4-5,7-8H,3,6,12H2,1-2H3,(H2,14,15,16,17,18). The van der Waals surface area contributed by atoms with E-state index in [2.05, 4.69) is 44.5 Å².